The minimum atomic E-state index is -1.59. The molecule has 1 heterocycles. The quantitative estimate of drug-likeness (QED) is 0.349. The van der Waals surface area contributed by atoms with Crippen LogP contribution in [0.15, 0.2) is 83.8 Å². The number of ether oxygens (including phenoxy) is 1. The van der Waals surface area contributed by atoms with Crippen LogP contribution >= 0.6 is 0 Å². The average molecular weight is 465 g/mol. The summed E-state index contributed by atoms with van der Waals surface area (Å²) in [7, 11) is -1.59. The van der Waals surface area contributed by atoms with E-state index >= 15 is 0 Å². The Balaban J connectivity index is 1.37. The molecular weight excluding hydrogens is 436 g/mol. The summed E-state index contributed by atoms with van der Waals surface area (Å²) in [5, 5.41) is 12.4. The Morgan fingerprint density at radius 2 is 1.67 bits per heavy atom. The normalized spacial score (nSPS) is 16.0. The number of carbonyl (C=O) groups is 1. The highest BCUT2D eigenvalue weighted by atomic mass is 32.2. The monoisotopic (exact) mass is 464 g/mol. The number of piperidine rings is 1. The van der Waals surface area contributed by atoms with Gasteiger partial charge in [0.1, 0.15) is 10.5 Å². The SMILES string of the molecule is O=C(NO)C1(S(=O)c2ccc(OCCc3cccc(-c4ccccc4)c3)cc2)CCNCC1. The van der Waals surface area contributed by atoms with Crippen LogP contribution in [0, 0.1) is 0 Å². The van der Waals surface area contributed by atoms with Crippen molar-refractivity contribution in [1.29, 1.82) is 0 Å². The molecule has 4 rings (SSSR count). The third kappa shape index (κ3) is 5.33. The van der Waals surface area contributed by atoms with Gasteiger partial charge in [-0.1, -0.05) is 54.6 Å². The van der Waals surface area contributed by atoms with Gasteiger partial charge in [-0.05, 0) is 66.9 Å². The molecule has 0 bridgehead atoms. The maximum atomic E-state index is 13.3. The predicted molar refractivity (Wildman–Crippen MR) is 129 cm³/mol. The first-order valence-corrected chi connectivity index (χ1v) is 12.2. The number of nitrogens with one attached hydrogen (secondary N) is 2. The van der Waals surface area contributed by atoms with Gasteiger partial charge in [0.25, 0.3) is 5.91 Å². The molecule has 3 N–H and O–H groups in total. The lowest BCUT2D eigenvalue weighted by Gasteiger charge is -2.34. The molecule has 3 aromatic rings. The first-order valence-electron chi connectivity index (χ1n) is 11.1. The Hall–Kier alpha value is -3.00. The van der Waals surface area contributed by atoms with Crippen molar-refractivity contribution < 1.29 is 18.9 Å². The third-order valence-electron chi connectivity index (χ3n) is 6.01. The van der Waals surface area contributed by atoms with Crippen LogP contribution < -0.4 is 15.5 Å². The minimum absolute atomic E-state index is 0.395. The molecule has 3 aromatic carbocycles. The molecule has 1 unspecified atom stereocenters. The molecule has 1 aliphatic rings. The van der Waals surface area contributed by atoms with Gasteiger partial charge in [0.05, 0.1) is 17.4 Å². The summed E-state index contributed by atoms with van der Waals surface area (Å²) in [4.78, 5) is 12.9. The molecule has 0 radical (unpaired) electrons. The summed E-state index contributed by atoms with van der Waals surface area (Å²) < 4.78 is 18.0. The highest BCUT2D eigenvalue weighted by molar-refractivity contribution is 7.87. The fourth-order valence-electron chi connectivity index (χ4n) is 4.14. The summed E-state index contributed by atoms with van der Waals surface area (Å²) in [6, 6.07) is 25.7. The van der Waals surface area contributed by atoms with Gasteiger partial charge in [0.15, 0.2) is 0 Å². The Bertz CT molecular complexity index is 1100. The van der Waals surface area contributed by atoms with Crippen molar-refractivity contribution in [2.45, 2.75) is 28.9 Å². The van der Waals surface area contributed by atoms with Crippen molar-refractivity contribution in [3.05, 3.63) is 84.4 Å². The van der Waals surface area contributed by atoms with Gasteiger partial charge >= 0.3 is 0 Å². The van der Waals surface area contributed by atoms with Crippen molar-refractivity contribution in [3.63, 3.8) is 0 Å². The average Bonchev–Trinajstić information content (AvgIpc) is 2.89. The molecule has 1 saturated heterocycles. The van der Waals surface area contributed by atoms with Gasteiger partial charge in [-0.25, -0.2) is 5.48 Å². The van der Waals surface area contributed by atoms with Crippen molar-refractivity contribution in [1.82, 2.24) is 10.8 Å². The van der Waals surface area contributed by atoms with Crippen molar-refractivity contribution in [2.75, 3.05) is 19.7 Å². The number of benzene rings is 3. The zero-order valence-corrected chi connectivity index (χ0v) is 19.1. The Kier molecular flexibility index (Phi) is 7.54. The number of carbonyl (C=O) groups excluding carboxylic acids is 1. The van der Waals surface area contributed by atoms with E-state index in [9.17, 15) is 14.2 Å². The van der Waals surface area contributed by atoms with Gasteiger partial charge in [0.2, 0.25) is 0 Å². The number of rotatable bonds is 8. The molecule has 1 amide bonds. The van der Waals surface area contributed by atoms with E-state index in [1.54, 1.807) is 29.7 Å². The zero-order chi connectivity index (χ0) is 23.1. The molecule has 1 aliphatic heterocycles. The standard InChI is InChI=1S/C26H28N2O4S/c29-25(28-30)26(14-16-27-17-15-26)33(31)24-11-9-23(10-12-24)32-18-13-20-5-4-8-22(19-20)21-6-2-1-3-7-21/h1-12,19,27,30H,13-18H2,(H,28,29). The molecule has 172 valence electrons. The summed E-state index contributed by atoms with van der Waals surface area (Å²) in [5.41, 5.74) is 5.27. The van der Waals surface area contributed by atoms with Crippen LogP contribution in [0.2, 0.25) is 0 Å². The van der Waals surface area contributed by atoms with E-state index in [0.717, 1.165) is 6.42 Å². The van der Waals surface area contributed by atoms with E-state index in [-0.39, 0.29) is 0 Å². The second kappa shape index (κ2) is 10.7. The highest BCUT2D eigenvalue weighted by Gasteiger charge is 2.46. The minimum Gasteiger partial charge on any atom is -0.493 e. The maximum Gasteiger partial charge on any atom is 0.262 e. The lowest BCUT2D eigenvalue weighted by Crippen LogP contribution is -2.54. The van der Waals surface area contributed by atoms with Gasteiger partial charge in [-0.3, -0.25) is 14.2 Å². The molecule has 7 heteroatoms. The van der Waals surface area contributed by atoms with E-state index in [1.807, 2.05) is 18.2 Å². The molecular formula is C26H28N2O4S. The smallest absolute Gasteiger partial charge is 0.262 e. The van der Waals surface area contributed by atoms with E-state index in [4.69, 9.17) is 4.74 Å². The molecule has 33 heavy (non-hydrogen) atoms. The summed E-state index contributed by atoms with van der Waals surface area (Å²) in [6.45, 7) is 1.67. The summed E-state index contributed by atoms with van der Waals surface area (Å²) in [5.74, 6) is 0.0846. The molecule has 0 aromatic heterocycles. The van der Waals surface area contributed by atoms with E-state index in [2.05, 4.69) is 41.7 Å². The zero-order valence-electron chi connectivity index (χ0n) is 18.3. The molecule has 0 saturated carbocycles. The van der Waals surface area contributed by atoms with Gasteiger partial charge in [-0.15, -0.1) is 0 Å². The molecule has 1 atom stereocenters. The summed E-state index contributed by atoms with van der Waals surface area (Å²) in [6.07, 6.45) is 1.56. The first kappa shape index (κ1) is 23.2. The second-order valence-electron chi connectivity index (χ2n) is 8.09. The number of hydrogen-bond acceptors (Lipinski definition) is 5. The van der Waals surface area contributed by atoms with E-state index in [0.29, 0.717) is 43.2 Å². The van der Waals surface area contributed by atoms with Gasteiger partial charge in [-0.2, -0.15) is 0 Å². The van der Waals surface area contributed by atoms with Gasteiger partial charge in [0, 0.05) is 11.3 Å². The third-order valence-corrected chi connectivity index (χ3v) is 8.02. The van der Waals surface area contributed by atoms with Crippen LogP contribution in [0.5, 0.6) is 5.75 Å². The molecule has 1 fully saturated rings. The van der Waals surface area contributed by atoms with Crippen LogP contribution in [-0.2, 0) is 22.0 Å². The van der Waals surface area contributed by atoms with Gasteiger partial charge < -0.3 is 10.1 Å². The van der Waals surface area contributed by atoms with Crippen molar-refractivity contribution in [3.8, 4) is 16.9 Å². The lowest BCUT2D eigenvalue weighted by atomic mass is 9.96. The van der Waals surface area contributed by atoms with Crippen LogP contribution in [0.25, 0.3) is 11.1 Å². The molecule has 6 nitrogen and oxygen atoms in total. The van der Waals surface area contributed by atoms with Crippen LogP contribution in [0.3, 0.4) is 0 Å². The number of hydrogen-bond donors (Lipinski definition) is 3. The number of amides is 1. The largest absolute Gasteiger partial charge is 0.493 e. The predicted octanol–water partition coefficient (Wildman–Crippen LogP) is 3.71. The highest BCUT2D eigenvalue weighted by Crippen LogP contribution is 2.31. The molecule has 0 aliphatic carbocycles. The second-order valence-corrected chi connectivity index (χ2v) is 9.88. The number of hydroxylamine groups is 1. The fourth-order valence-corrected chi connectivity index (χ4v) is 5.76. The Morgan fingerprint density at radius 3 is 2.36 bits per heavy atom. The van der Waals surface area contributed by atoms with Crippen LogP contribution in [0.1, 0.15) is 18.4 Å². The Morgan fingerprint density at radius 1 is 0.970 bits per heavy atom. The molecule has 0 spiro atoms. The van der Waals surface area contributed by atoms with E-state index < -0.39 is 21.5 Å². The van der Waals surface area contributed by atoms with Crippen LogP contribution in [-0.4, -0.2) is 39.8 Å². The van der Waals surface area contributed by atoms with Crippen molar-refractivity contribution in [2.24, 2.45) is 0 Å². The topological polar surface area (TPSA) is 87.7 Å². The van der Waals surface area contributed by atoms with Crippen molar-refractivity contribution >= 4 is 16.7 Å². The first-order chi connectivity index (χ1) is 16.1. The Labute approximate surface area is 196 Å². The van der Waals surface area contributed by atoms with E-state index in [1.165, 1.54) is 16.7 Å². The maximum absolute atomic E-state index is 13.3. The summed E-state index contributed by atoms with van der Waals surface area (Å²) >= 11 is 0. The van der Waals surface area contributed by atoms with Crippen LogP contribution in [0.4, 0.5) is 0 Å². The fraction of sp³-hybridized carbons (Fsp3) is 0.269. The lowest BCUT2D eigenvalue weighted by molar-refractivity contribution is -0.132.